The Kier molecular flexibility index (Phi) is 2.99. The third-order valence-electron chi connectivity index (χ3n) is 2.55. The van der Waals surface area contributed by atoms with Crippen LogP contribution in [-0.4, -0.2) is 31.2 Å². The molecule has 1 N–H and O–H groups in total. The zero-order chi connectivity index (χ0) is 9.80. The third kappa shape index (κ3) is 1.87. The van der Waals surface area contributed by atoms with Gasteiger partial charge in [-0.3, -0.25) is 4.98 Å². The standard InChI is InChI=1S/C11H16N3/c1-2-10-11(4-3-5-13-10)14-8-6-12-7-9-14/h2-5,12H,6-9H2,1H3. The fraction of sp³-hybridized carbons (Fsp3) is 0.455. The summed E-state index contributed by atoms with van der Waals surface area (Å²) in [4.78, 5) is 6.74. The second-order valence-corrected chi connectivity index (χ2v) is 3.43. The predicted molar refractivity (Wildman–Crippen MR) is 58.4 cm³/mol. The van der Waals surface area contributed by atoms with Crippen LogP contribution in [0.5, 0.6) is 0 Å². The summed E-state index contributed by atoms with van der Waals surface area (Å²) in [5.41, 5.74) is 2.35. The van der Waals surface area contributed by atoms with E-state index in [-0.39, 0.29) is 0 Å². The van der Waals surface area contributed by atoms with Crippen molar-refractivity contribution in [1.29, 1.82) is 0 Å². The summed E-state index contributed by atoms with van der Waals surface area (Å²) in [6.07, 6.45) is 3.92. The van der Waals surface area contributed by atoms with Crippen molar-refractivity contribution in [2.24, 2.45) is 0 Å². The lowest BCUT2D eigenvalue weighted by Gasteiger charge is -2.30. The molecule has 1 fully saturated rings. The molecule has 0 bridgehead atoms. The fourth-order valence-corrected chi connectivity index (χ4v) is 1.80. The van der Waals surface area contributed by atoms with Gasteiger partial charge in [0.1, 0.15) is 0 Å². The number of aromatic nitrogens is 1. The van der Waals surface area contributed by atoms with Gasteiger partial charge < -0.3 is 10.2 Å². The smallest absolute Gasteiger partial charge is 0.0671 e. The average molecular weight is 190 g/mol. The largest absolute Gasteiger partial charge is 0.368 e. The molecule has 1 saturated heterocycles. The van der Waals surface area contributed by atoms with Gasteiger partial charge in [-0.2, -0.15) is 0 Å². The fourth-order valence-electron chi connectivity index (χ4n) is 1.80. The Balaban J connectivity index is 2.20. The van der Waals surface area contributed by atoms with Crippen molar-refractivity contribution >= 4 is 5.69 Å². The van der Waals surface area contributed by atoms with E-state index < -0.39 is 0 Å². The summed E-state index contributed by atoms with van der Waals surface area (Å²) >= 11 is 0. The van der Waals surface area contributed by atoms with E-state index >= 15 is 0 Å². The van der Waals surface area contributed by atoms with E-state index in [1.165, 1.54) is 5.69 Å². The first-order chi connectivity index (χ1) is 6.92. The van der Waals surface area contributed by atoms with E-state index in [1.807, 2.05) is 19.2 Å². The lowest BCUT2D eigenvalue weighted by Crippen LogP contribution is -2.43. The van der Waals surface area contributed by atoms with Gasteiger partial charge >= 0.3 is 0 Å². The Labute approximate surface area is 85.1 Å². The zero-order valence-electron chi connectivity index (χ0n) is 8.53. The molecule has 1 aliphatic heterocycles. The third-order valence-corrected chi connectivity index (χ3v) is 2.55. The topological polar surface area (TPSA) is 28.2 Å². The summed E-state index contributed by atoms with van der Waals surface area (Å²) in [7, 11) is 0. The summed E-state index contributed by atoms with van der Waals surface area (Å²) < 4.78 is 0. The molecule has 2 heterocycles. The maximum Gasteiger partial charge on any atom is 0.0671 e. The highest BCUT2D eigenvalue weighted by Gasteiger charge is 2.13. The summed E-state index contributed by atoms with van der Waals surface area (Å²) in [5, 5.41) is 3.35. The molecule has 14 heavy (non-hydrogen) atoms. The molecule has 0 aromatic carbocycles. The molecular weight excluding hydrogens is 174 g/mol. The first-order valence-corrected chi connectivity index (χ1v) is 5.12. The molecular formula is C11H16N3. The van der Waals surface area contributed by atoms with Crippen molar-refractivity contribution in [3.8, 4) is 0 Å². The van der Waals surface area contributed by atoms with Gasteiger partial charge in [0, 0.05) is 38.8 Å². The van der Waals surface area contributed by atoms with Gasteiger partial charge in [0.15, 0.2) is 0 Å². The molecule has 3 heteroatoms. The highest BCUT2D eigenvalue weighted by atomic mass is 15.2. The molecule has 75 valence electrons. The number of rotatable bonds is 2. The van der Waals surface area contributed by atoms with Gasteiger partial charge in [-0.15, -0.1) is 0 Å². The summed E-state index contributed by atoms with van der Waals surface area (Å²) in [6.45, 7) is 6.32. The molecule has 0 amide bonds. The molecule has 1 aromatic heterocycles. The van der Waals surface area contributed by atoms with Crippen LogP contribution in [0.3, 0.4) is 0 Å². The maximum absolute atomic E-state index is 4.35. The number of anilines is 1. The molecule has 0 atom stereocenters. The van der Waals surface area contributed by atoms with Crippen LogP contribution in [0.4, 0.5) is 5.69 Å². The van der Waals surface area contributed by atoms with E-state index in [0.29, 0.717) is 0 Å². The first kappa shape index (κ1) is 9.46. The van der Waals surface area contributed by atoms with Gasteiger partial charge in [0.2, 0.25) is 0 Å². The van der Waals surface area contributed by atoms with Gasteiger partial charge in [0.05, 0.1) is 11.4 Å². The first-order valence-electron chi connectivity index (χ1n) is 5.12. The van der Waals surface area contributed by atoms with Crippen molar-refractivity contribution in [2.45, 2.75) is 6.92 Å². The Morgan fingerprint density at radius 1 is 1.43 bits per heavy atom. The molecule has 0 aliphatic carbocycles. The Morgan fingerprint density at radius 2 is 2.21 bits per heavy atom. The van der Waals surface area contributed by atoms with Crippen molar-refractivity contribution in [2.75, 3.05) is 31.1 Å². The minimum Gasteiger partial charge on any atom is -0.368 e. The molecule has 0 saturated carbocycles. The van der Waals surface area contributed by atoms with Crippen molar-refractivity contribution in [3.05, 3.63) is 30.4 Å². The number of hydrogen-bond donors (Lipinski definition) is 1. The average Bonchev–Trinajstić information content (AvgIpc) is 2.30. The highest BCUT2D eigenvalue weighted by molar-refractivity contribution is 5.53. The normalized spacial score (nSPS) is 17.1. The second kappa shape index (κ2) is 4.42. The van der Waals surface area contributed by atoms with E-state index in [0.717, 1.165) is 31.9 Å². The zero-order valence-corrected chi connectivity index (χ0v) is 8.53. The molecule has 3 nitrogen and oxygen atoms in total. The van der Waals surface area contributed by atoms with Crippen LogP contribution >= 0.6 is 0 Å². The summed E-state index contributed by atoms with van der Waals surface area (Å²) in [6, 6.07) is 4.15. The molecule has 0 unspecified atom stereocenters. The van der Waals surface area contributed by atoms with Crippen molar-refractivity contribution in [3.63, 3.8) is 0 Å². The van der Waals surface area contributed by atoms with Gasteiger partial charge in [-0.1, -0.05) is 6.92 Å². The number of piperazine rings is 1. The quantitative estimate of drug-likeness (QED) is 0.756. The van der Waals surface area contributed by atoms with Crippen LogP contribution in [0.25, 0.3) is 0 Å². The van der Waals surface area contributed by atoms with E-state index in [4.69, 9.17) is 0 Å². The Morgan fingerprint density at radius 3 is 2.93 bits per heavy atom. The molecule has 1 aromatic rings. The van der Waals surface area contributed by atoms with Gasteiger partial charge in [-0.05, 0) is 12.1 Å². The Bertz CT molecular complexity index is 292. The maximum atomic E-state index is 4.35. The minimum atomic E-state index is 1.07. The molecule has 2 rings (SSSR count). The number of nitrogens with one attached hydrogen (secondary N) is 1. The number of nitrogens with zero attached hydrogens (tertiary/aromatic N) is 2. The van der Waals surface area contributed by atoms with Crippen LogP contribution in [0, 0.1) is 6.42 Å². The Hall–Kier alpha value is -1.09. The molecule has 1 aliphatic rings. The van der Waals surface area contributed by atoms with Crippen LogP contribution in [0.15, 0.2) is 18.3 Å². The second-order valence-electron chi connectivity index (χ2n) is 3.43. The molecule has 0 spiro atoms. The van der Waals surface area contributed by atoms with E-state index in [2.05, 4.69) is 27.7 Å². The lowest BCUT2D eigenvalue weighted by atomic mass is 10.2. The van der Waals surface area contributed by atoms with E-state index in [9.17, 15) is 0 Å². The summed E-state index contributed by atoms with van der Waals surface area (Å²) in [5.74, 6) is 0. The predicted octanol–water partition coefficient (Wildman–Crippen LogP) is 1.06. The lowest BCUT2D eigenvalue weighted by molar-refractivity contribution is 0.588. The monoisotopic (exact) mass is 190 g/mol. The van der Waals surface area contributed by atoms with Crippen LogP contribution in [0.1, 0.15) is 12.6 Å². The van der Waals surface area contributed by atoms with Gasteiger partial charge in [0.25, 0.3) is 0 Å². The van der Waals surface area contributed by atoms with Crippen molar-refractivity contribution < 1.29 is 0 Å². The number of pyridine rings is 1. The SMILES string of the molecule is C[CH]c1ncccc1N1CCNCC1. The van der Waals surface area contributed by atoms with Crippen molar-refractivity contribution in [1.82, 2.24) is 10.3 Å². The van der Waals surface area contributed by atoms with Gasteiger partial charge in [-0.25, -0.2) is 0 Å². The van der Waals surface area contributed by atoms with Crippen LogP contribution in [0.2, 0.25) is 0 Å². The number of hydrogen-bond acceptors (Lipinski definition) is 3. The minimum absolute atomic E-state index is 1.07. The highest BCUT2D eigenvalue weighted by Crippen LogP contribution is 2.19. The van der Waals surface area contributed by atoms with Crippen LogP contribution in [-0.2, 0) is 0 Å². The molecule has 1 radical (unpaired) electrons. The van der Waals surface area contributed by atoms with E-state index in [1.54, 1.807) is 0 Å². The van der Waals surface area contributed by atoms with Crippen LogP contribution < -0.4 is 10.2 Å².